The first kappa shape index (κ1) is 21.7. The SMILES string of the molecule is COc1ccc(C2CCCCCN2C(=O)C(C)NC(=O)OCc2ccccc2)cc1. The minimum atomic E-state index is -0.660. The Labute approximate surface area is 178 Å². The molecule has 0 bridgehead atoms. The van der Waals surface area contributed by atoms with E-state index in [9.17, 15) is 9.59 Å². The zero-order chi connectivity index (χ0) is 21.3. The van der Waals surface area contributed by atoms with Gasteiger partial charge in [-0.2, -0.15) is 0 Å². The van der Waals surface area contributed by atoms with E-state index in [0.717, 1.165) is 42.6 Å². The number of likely N-dealkylation sites (tertiary alicyclic amines) is 1. The second-order valence-corrected chi connectivity index (χ2v) is 7.60. The van der Waals surface area contributed by atoms with Gasteiger partial charge in [0.15, 0.2) is 0 Å². The first-order valence-electron chi connectivity index (χ1n) is 10.5. The second-order valence-electron chi connectivity index (χ2n) is 7.60. The third kappa shape index (κ3) is 5.75. The normalized spacial score (nSPS) is 17.5. The number of carbonyl (C=O) groups is 2. The Morgan fingerprint density at radius 1 is 1.07 bits per heavy atom. The summed E-state index contributed by atoms with van der Waals surface area (Å²) in [5.41, 5.74) is 1.99. The molecule has 0 spiro atoms. The van der Waals surface area contributed by atoms with Gasteiger partial charge in [0, 0.05) is 6.54 Å². The van der Waals surface area contributed by atoms with E-state index in [-0.39, 0.29) is 18.6 Å². The number of carbonyl (C=O) groups excluding carboxylic acids is 2. The third-order valence-electron chi connectivity index (χ3n) is 5.45. The zero-order valence-corrected chi connectivity index (χ0v) is 17.7. The van der Waals surface area contributed by atoms with E-state index in [1.807, 2.05) is 59.5 Å². The molecule has 3 rings (SSSR count). The van der Waals surface area contributed by atoms with Gasteiger partial charge in [-0.05, 0) is 43.0 Å². The highest BCUT2D eigenvalue weighted by Crippen LogP contribution is 2.31. The van der Waals surface area contributed by atoms with Gasteiger partial charge in [0.1, 0.15) is 18.4 Å². The minimum Gasteiger partial charge on any atom is -0.497 e. The molecule has 2 amide bonds. The van der Waals surface area contributed by atoms with Crippen LogP contribution in [-0.2, 0) is 16.1 Å². The lowest BCUT2D eigenvalue weighted by molar-refractivity contribution is -0.135. The van der Waals surface area contributed by atoms with Gasteiger partial charge < -0.3 is 19.7 Å². The van der Waals surface area contributed by atoms with Crippen LogP contribution in [-0.4, -0.2) is 36.6 Å². The van der Waals surface area contributed by atoms with Crippen LogP contribution in [0.4, 0.5) is 4.79 Å². The van der Waals surface area contributed by atoms with Gasteiger partial charge in [-0.1, -0.05) is 55.3 Å². The highest BCUT2D eigenvalue weighted by Gasteiger charge is 2.30. The van der Waals surface area contributed by atoms with Gasteiger partial charge in [0.05, 0.1) is 13.2 Å². The van der Waals surface area contributed by atoms with Gasteiger partial charge in [-0.3, -0.25) is 4.79 Å². The van der Waals surface area contributed by atoms with E-state index in [1.54, 1.807) is 14.0 Å². The summed E-state index contributed by atoms with van der Waals surface area (Å²) in [5.74, 6) is 0.704. The largest absolute Gasteiger partial charge is 0.497 e. The Balaban J connectivity index is 1.63. The van der Waals surface area contributed by atoms with E-state index in [1.165, 1.54) is 0 Å². The van der Waals surface area contributed by atoms with Crippen molar-refractivity contribution in [2.75, 3.05) is 13.7 Å². The zero-order valence-electron chi connectivity index (χ0n) is 17.7. The minimum absolute atomic E-state index is 0.00417. The van der Waals surface area contributed by atoms with Crippen LogP contribution >= 0.6 is 0 Å². The van der Waals surface area contributed by atoms with E-state index < -0.39 is 12.1 Å². The highest BCUT2D eigenvalue weighted by molar-refractivity contribution is 5.85. The average molecular weight is 411 g/mol. The van der Waals surface area contributed by atoms with Crippen molar-refractivity contribution in [3.63, 3.8) is 0 Å². The van der Waals surface area contributed by atoms with Crippen LogP contribution in [0.1, 0.15) is 49.8 Å². The number of rotatable bonds is 6. The lowest BCUT2D eigenvalue weighted by Gasteiger charge is -2.32. The Kier molecular flexibility index (Phi) is 7.71. The second kappa shape index (κ2) is 10.7. The predicted octanol–water partition coefficient (Wildman–Crippen LogP) is 4.45. The summed E-state index contributed by atoms with van der Waals surface area (Å²) in [5, 5.41) is 2.69. The van der Waals surface area contributed by atoms with E-state index in [2.05, 4.69) is 5.32 Å². The number of alkyl carbamates (subject to hydrolysis) is 1. The summed E-state index contributed by atoms with van der Waals surface area (Å²) in [6.45, 7) is 2.56. The fourth-order valence-corrected chi connectivity index (χ4v) is 3.80. The summed E-state index contributed by atoms with van der Waals surface area (Å²) in [4.78, 5) is 27.3. The quantitative estimate of drug-likeness (QED) is 0.764. The molecule has 30 heavy (non-hydrogen) atoms. The molecule has 6 nitrogen and oxygen atoms in total. The van der Waals surface area contributed by atoms with E-state index >= 15 is 0 Å². The van der Waals surface area contributed by atoms with Crippen molar-refractivity contribution >= 4 is 12.0 Å². The van der Waals surface area contributed by atoms with Crippen LogP contribution in [0.3, 0.4) is 0 Å². The number of nitrogens with zero attached hydrogens (tertiary/aromatic N) is 1. The Bertz CT molecular complexity index is 823. The standard InChI is InChI=1S/C24H30N2O4/c1-18(25-24(28)30-17-19-9-5-3-6-10-19)23(27)26-16-8-4-7-11-22(26)20-12-14-21(29-2)15-13-20/h3,5-6,9-10,12-15,18,22H,4,7-8,11,16-17H2,1-2H3,(H,25,28). The number of hydrogen-bond acceptors (Lipinski definition) is 4. The molecule has 160 valence electrons. The molecule has 2 atom stereocenters. The smallest absolute Gasteiger partial charge is 0.408 e. The number of nitrogens with one attached hydrogen (secondary N) is 1. The molecular weight excluding hydrogens is 380 g/mol. The lowest BCUT2D eigenvalue weighted by atomic mass is 10.00. The predicted molar refractivity (Wildman–Crippen MR) is 115 cm³/mol. The van der Waals surface area contributed by atoms with Crippen molar-refractivity contribution in [2.45, 2.75) is 51.3 Å². The molecule has 6 heteroatoms. The fraction of sp³-hybridized carbons (Fsp3) is 0.417. The van der Waals surface area contributed by atoms with Crippen molar-refractivity contribution in [2.24, 2.45) is 0 Å². The van der Waals surface area contributed by atoms with Gasteiger partial charge in [0.25, 0.3) is 0 Å². The molecule has 1 aliphatic rings. The van der Waals surface area contributed by atoms with Crippen LogP contribution in [0, 0.1) is 0 Å². The first-order chi connectivity index (χ1) is 14.6. The Morgan fingerprint density at radius 3 is 2.50 bits per heavy atom. The van der Waals surface area contributed by atoms with Gasteiger partial charge in [-0.15, -0.1) is 0 Å². The van der Waals surface area contributed by atoms with Crippen LogP contribution < -0.4 is 10.1 Å². The molecule has 0 aromatic heterocycles. The molecule has 2 unspecified atom stereocenters. The molecule has 1 saturated heterocycles. The van der Waals surface area contributed by atoms with E-state index in [4.69, 9.17) is 9.47 Å². The van der Waals surface area contributed by atoms with Crippen molar-refractivity contribution in [1.29, 1.82) is 0 Å². The fourth-order valence-electron chi connectivity index (χ4n) is 3.80. The first-order valence-corrected chi connectivity index (χ1v) is 10.5. The molecule has 0 aliphatic carbocycles. The van der Waals surface area contributed by atoms with Crippen molar-refractivity contribution in [3.05, 3.63) is 65.7 Å². The number of methoxy groups -OCH3 is 1. The molecule has 0 radical (unpaired) electrons. The van der Waals surface area contributed by atoms with Gasteiger partial charge in [-0.25, -0.2) is 4.79 Å². The number of ether oxygens (including phenoxy) is 2. The monoisotopic (exact) mass is 410 g/mol. The average Bonchev–Trinajstić information content (AvgIpc) is 3.04. The lowest BCUT2D eigenvalue weighted by Crippen LogP contribution is -2.48. The summed E-state index contributed by atoms with van der Waals surface area (Å²) < 4.78 is 10.5. The molecule has 1 fully saturated rings. The van der Waals surface area contributed by atoms with E-state index in [0.29, 0.717) is 6.54 Å². The van der Waals surface area contributed by atoms with Crippen LogP contribution in [0.5, 0.6) is 5.75 Å². The molecule has 2 aromatic rings. The number of amides is 2. The van der Waals surface area contributed by atoms with Crippen LogP contribution in [0.15, 0.2) is 54.6 Å². The summed E-state index contributed by atoms with van der Waals surface area (Å²) in [6, 6.07) is 16.7. The van der Waals surface area contributed by atoms with Crippen molar-refractivity contribution in [3.8, 4) is 5.75 Å². The maximum atomic E-state index is 13.2. The van der Waals surface area contributed by atoms with Crippen LogP contribution in [0.2, 0.25) is 0 Å². The maximum absolute atomic E-state index is 13.2. The molecule has 2 aromatic carbocycles. The van der Waals surface area contributed by atoms with Crippen molar-refractivity contribution in [1.82, 2.24) is 10.2 Å². The summed E-state index contributed by atoms with van der Waals surface area (Å²) >= 11 is 0. The molecule has 1 heterocycles. The highest BCUT2D eigenvalue weighted by atomic mass is 16.5. The van der Waals surface area contributed by atoms with Crippen molar-refractivity contribution < 1.29 is 19.1 Å². The molecule has 1 N–H and O–H groups in total. The molecular formula is C24H30N2O4. The number of benzene rings is 2. The molecule has 0 saturated carbocycles. The summed E-state index contributed by atoms with van der Waals surface area (Å²) in [6.07, 6.45) is 3.45. The van der Waals surface area contributed by atoms with Gasteiger partial charge in [0.2, 0.25) is 5.91 Å². The Morgan fingerprint density at radius 2 is 1.80 bits per heavy atom. The number of hydrogen-bond donors (Lipinski definition) is 1. The molecule has 1 aliphatic heterocycles. The Hall–Kier alpha value is -3.02. The van der Waals surface area contributed by atoms with Crippen LogP contribution in [0.25, 0.3) is 0 Å². The maximum Gasteiger partial charge on any atom is 0.408 e. The topological polar surface area (TPSA) is 67.9 Å². The third-order valence-corrected chi connectivity index (χ3v) is 5.45. The summed E-state index contributed by atoms with van der Waals surface area (Å²) in [7, 11) is 1.64. The van der Waals surface area contributed by atoms with Gasteiger partial charge >= 0.3 is 6.09 Å².